The summed E-state index contributed by atoms with van der Waals surface area (Å²) in [7, 11) is 2.08. The summed E-state index contributed by atoms with van der Waals surface area (Å²) in [5.74, 6) is 1.04. The molecule has 0 N–H and O–H groups in total. The average Bonchev–Trinajstić information content (AvgIpc) is 2.93. The molecule has 1 aromatic heterocycles. The predicted octanol–water partition coefficient (Wildman–Crippen LogP) is 3.22. The van der Waals surface area contributed by atoms with Gasteiger partial charge >= 0.3 is 0 Å². The number of halogens is 1. The molecule has 1 aliphatic carbocycles. The van der Waals surface area contributed by atoms with E-state index < -0.39 is 0 Å². The van der Waals surface area contributed by atoms with Crippen LogP contribution in [-0.4, -0.2) is 45.5 Å². The zero-order chi connectivity index (χ0) is 16.5. The molecule has 5 heteroatoms. The van der Waals surface area contributed by atoms with E-state index in [0.29, 0.717) is 0 Å². The van der Waals surface area contributed by atoms with Crippen LogP contribution in [0.3, 0.4) is 0 Å². The molecule has 24 heavy (non-hydrogen) atoms. The van der Waals surface area contributed by atoms with E-state index in [9.17, 15) is 4.39 Å². The summed E-state index contributed by atoms with van der Waals surface area (Å²) in [6.45, 7) is 4.46. The number of aryl methyl sites for hydroxylation is 1. The van der Waals surface area contributed by atoms with Gasteiger partial charge in [0.1, 0.15) is 11.7 Å². The van der Waals surface area contributed by atoms with E-state index in [1.54, 1.807) is 6.08 Å². The third-order valence-corrected chi connectivity index (χ3v) is 5.03. The lowest BCUT2D eigenvalue weighted by atomic mass is 10.1. The number of aromatic nitrogens is 2. The van der Waals surface area contributed by atoms with Gasteiger partial charge in [0.2, 0.25) is 0 Å². The van der Waals surface area contributed by atoms with Crippen molar-refractivity contribution in [3.63, 3.8) is 0 Å². The Hall–Kier alpha value is -2.14. The summed E-state index contributed by atoms with van der Waals surface area (Å²) in [5.41, 5.74) is 3.02. The summed E-state index contributed by atoms with van der Waals surface area (Å²) in [6, 6.07) is 8.24. The SMILES string of the molecule is Cn1c(CN2CCN(C3=CCCC=C3F)CC2)nc2ccccc21. The van der Waals surface area contributed by atoms with Crippen LogP contribution in [0.2, 0.25) is 0 Å². The number of fused-ring (bicyclic) bond motifs is 1. The maximum absolute atomic E-state index is 14.0. The Bertz CT molecular complexity index is 797. The van der Waals surface area contributed by atoms with Crippen molar-refractivity contribution in [2.45, 2.75) is 19.4 Å². The molecular formula is C19H23FN4. The number of allylic oxidation sites excluding steroid dienone is 3. The van der Waals surface area contributed by atoms with Crippen molar-refractivity contribution >= 4 is 11.0 Å². The van der Waals surface area contributed by atoms with Crippen LogP contribution < -0.4 is 0 Å². The smallest absolute Gasteiger partial charge is 0.142 e. The van der Waals surface area contributed by atoms with Crippen molar-refractivity contribution in [3.05, 3.63) is 53.8 Å². The van der Waals surface area contributed by atoms with E-state index in [4.69, 9.17) is 4.98 Å². The molecule has 2 aromatic rings. The summed E-state index contributed by atoms with van der Waals surface area (Å²) in [6.07, 6.45) is 5.52. The van der Waals surface area contributed by atoms with Gasteiger partial charge in [-0.15, -0.1) is 0 Å². The Kier molecular flexibility index (Phi) is 4.10. The lowest BCUT2D eigenvalue weighted by Gasteiger charge is -2.37. The van der Waals surface area contributed by atoms with Gasteiger partial charge in [-0.25, -0.2) is 9.37 Å². The van der Waals surface area contributed by atoms with Gasteiger partial charge in [-0.2, -0.15) is 0 Å². The molecule has 1 saturated heterocycles. The molecule has 0 saturated carbocycles. The molecule has 4 nitrogen and oxygen atoms in total. The largest absolute Gasteiger partial charge is 0.367 e. The Balaban J connectivity index is 1.42. The molecule has 126 valence electrons. The number of hydrogen-bond donors (Lipinski definition) is 0. The topological polar surface area (TPSA) is 24.3 Å². The molecule has 1 fully saturated rings. The standard InChI is InChI=1S/C19H23FN4/c1-22-18-9-5-3-7-16(18)21-19(22)14-23-10-12-24(13-11-23)17-8-4-2-6-15(17)20/h3,5-9H,2,4,10-14H2,1H3. The highest BCUT2D eigenvalue weighted by molar-refractivity contribution is 5.75. The normalized spacial score (nSPS) is 19.5. The number of imidazole rings is 1. The fraction of sp³-hybridized carbons (Fsp3) is 0.421. The maximum atomic E-state index is 14.0. The van der Waals surface area contributed by atoms with E-state index >= 15 is 0 Å². The average molecular weight is 326 g/mol. The summed E-state index contributed by atoms with van der Waals surface area (Å²) in [4.78, 5) is 9.34. The van der Waals surface area contributed by atoms with Gasteiger partial charge in [0.05, 0.1) is 23.3 Å². The summed E-state index contributed by atoms with van der Waals surface area (Å²) < 4.78 is 16.1. The molecular weight excluding hydrogens is 303 g/mol. The summed E-state index contributed by atoms with van der Waals surface area (Å²) >= 11 is 0. The van der Waals surface area contributed by atoms with Crippen molar-refractivity contribution in [2.24, 2.45) is 7.05 Å². The van der Waals surface area contributed by atoms with Crippen LogP contribution in [0, 0.1) is 0 Å². The van der Waals surface area contributed by atoms with Crippen LogP contribution in [-0.2, 0) is 13.6 Å². The first-order chi connectivity index (χ1) is 11.7. The van der Waals surface area contributed by atoms with Gasteiger partial charge < -0.3 is 9.47 Å². The third kappa shape index (κ3) is 2.84. The van der Waals surface area contributed by atoms with Crippen molar-refractivity contribution in [3.8, 4) is 0 Å². The van der Waals surface area contributed by atoms with E-state index in [2.05, 4.69) is 33.5 Å². The zero-order valence-corrected chi connectivity index (χ0v) is 14.1. The van der Waals surface area contributed by atoms with E-state index in [1.165, 1.54) is 5.52 Å². The highest BCUT2D eigenvalue weighted by Gasteiger charge is 2.23. The molecule has 2 aliphatic rings. The van der Waals surface area contributed by atoms with Crippen LogP contribution in [0.5, 0.6) is 0 Å². The van der Waals surface area contributed by atoms with Crippen molar-refractivity contribution in [1.29, 1.82) is 0 Å². The lowest BCUT2D eigenvalue weighted by molar-refractivity contribution is 0.147. The van der Waals surface area contributed by atoms with Gasteiger partial charge in [0, 0.05) is 33.2 Å². The highest BCUT2D eigenvalue weighted by atomic mass is 19.1. The minimum absolute atomic E-state index is 0.0509. The monoisotopic (exact) mass is 326 g/mol. The molecule has 0 radical (unpaired) electrons. The second-order valence-corrected chi connectivity index (χ2v) is 6.56. The number of piperazine rings is 1. The summed E-state index contributed by atoms with van der Waals surface area (Å²) in [5, 5.41) is 0. The second kappa shape index (κ2) is 6.40. The fourth-order valence-electron chi connectivity index (χ4n) is 3.60. The van der Waals surface area contributed by atoms with Crippen LogP contribution >= 0.6 is 0 Å². The van der Waals surface area contributed by atoms with Crippen molar-refractivity contribution < 1.29 is 4.39 Å². The minimum Gasteiger partial charge on any atom is -0.367 e. The van der Waals surface area contributed by atoms with E-state index in [1.807, 2.05) is 18.2 Å². The van der Waals surface area contributed by atoms with Crippen molar-refractivity contribution in [2.75, 3.05) is 26.2 Å². The minimum atomic E-state index is -0.0509. The predicted molar refractivity (Wildman–Crippen MR) is 94.1 cm³/mol. The third-order valence-electron chi connectivity index (χ3n) is 5.03. The lowest BCUT2D eigenvalue weighted by Crippen LogP contribution is -2.45. The first-order valence-corrected chi connectivity index (χ1v) is 8.66. The number of hydrogen-bond acceptors (Lipinski definition) is 3. The van der Waals surface area contributed by atoms with Crippen LogP contribution in [0.25, 0.3) is 11.0 Å². The number of benzene rings is 1. The van der Waals surface area contributed by atoms with Gasteiger partial charge in [-0.1, -0.05) is 18.2 Å². The molecule has 0 atom stereocenters. The van der Waals surface area contributed by atoms with Gasteiger partial charge in [-0.3, -0.25) is 4.90 Å². The van der Waals surface area contributed by atoms with Crippen LogP contribution in [0.4, 0.5) is 4.39 Å². The Morgan fingerprint density at radius 1 is 1.04 bits per heavy atom. The zero-order valence-electron chi connectivity index (χ0n) is 14.1. The molecule has 1 aromatic carbocycles. The molecule has 2 heterocycles. The Morgan fingerprint density at radius 3 is 2.54 bits per heavy atom. The number of rotatable bonds is 3. The molecule has 0 spiro atoms. The van der Waals surface area contributed by atoms with Gasteiger partial charge in [0.25, 0.3) is 0 Å². The molecule has 1 aliphatic heterocycles. The van der Waals surface area contributed by atoms with E-state index in [0.717, 1.165) is 62.6 Å². The first-order valence-electron chi connectivity index (χ1n) is 8.66. The fourth-order valence-corrected chi connectivity index (χ4v) is 3.60. The van der Waals surface area contributed by atoms with Crippen molar-refractivity contribution in [1.82, 2.24) is 19.4 Å². The van der Waals surface area contributed by atoms with Gasteiger partial charge in [0.15, 0.2) is 0 Å². The second-order valence-electron chi connectivity index (χ2n) is 6.56. The highest BCUT2D eigenvalue weighted by Crippen LogP contribution is 2.25. The molecule has 0 unspecified atom stereocenters. The quantitative estimate of drug-likeness (QED) is 0.865. The van der Waals surface area contributed by atoms with Crippen LogP contribution in [0.1, 0.15) is 18.7 Å². The van der Waals surface area contributed by atoms with E-state index in [-0.39, 0.29) is 5.83 Å². The number of nitrogens with zero attached hydrogens (tertiary/aromatic N) is 4. The first kappa shape index (κ1) is 15.4. The van der Waals surface area contributed by atoms with Gasteiger partial charge in [-0.05, 0) is 31.1 Å². The molecule has 0 bridgehead atoms. The molecule has 0 amide bonds. The molecule has 4 rings (SSSR count). The maximum Gasteiger partial charge on any atom is 0.142 e. The Morgan fingerprint density at radius 2 is 1.79 bits per heavy atom. The Labute approximate surface area is 141 Å². The van der Waals surface area contributed by atoms with Crippen LogP contribution in [0.15, 0.2) is 47.9 Å². The number of para-hydroxylation sites is 2.